The van der Waals surface area contributed by atoms with E-state index in [0.717, 1.165) is 24.7 Å². The predicted octanol–water partition coefficient (Wildman–Crippen LogP) is 5.64. The van der Waals surface area contributed by atoms with E-state index in [-0.39, 0.29) is 0 Å². The second-order valence-electron chi connectivity index (χ2n) is 7.15. The molecule has 119 valence electrons. The smallest absolute Gasteiger partial charge is 0.0225 e. The molecule has 1 saturated carbocycles. The van der Waals surface area contributed by atoms with Crippen molar-refractivity contribution in [2.75, 3.05) is 0 Å². The van der Waals surface area contributed by atoms with Gasteiger partial charge in [-0.1, -0.05) is 73.0 Å². The van der Waals surface area contributed by atoms with Gasteiger partial charge >= 0.3 is 0 Å². The van der Waals surface area contributed by atoms with Crippen molar-refractivity contribution in [3.05, 3.63) is 70.8 Å². The Bertz CT molecular complexity index is 589. The molecule has 23 heavy (non-hydrogen) atoms. The molecule has 0 atom stereocenters. The van der Waals surface area contributed by atoms with Gasteiger partial charge in [0.15, 0.2) is 0 Å². The lowest BCUT2D eigenvalue weighted by Crippen LogP contribution is -2.12. The van der Waals surface area contributed by atoms with Gasteiger partial charge in [0.1, 0.15) is 0 Å². The van der Waals surface area contributed by atoms with E-state index in [9.17, 15) is 0 Å². The number of aryl methyl sites for hydroxylation is 3. The molecule has 0 spiro atoms. The van der Waals surface area contributed by atoms with Crippen LogP contribution in [0.2, 0.25) is 6.04 Å². The van der Waals surface area contributed by atoms with Crippen molar-refractivity contribution in [1.82, 2.24) is 0 Å². The third kappa shape index (κ3) is 4.57. The fourth-order valence-corrected chi connectivity index (χ4v) is 4.11. The Morgan fingerprint density at radius 1 is 0.783 bits per heavy atom. The van der Waals surface area contributed by atoms with Crippen LogP contribution in [0.5, 0.6) is 0 Å². The Labute approximate surface area is 144 Å². The molecular weight excluding hydrogens is 292 g/mol. The highest BCUT2D eigenvalue weighted by Gasteiger charge is 2.20. The molecule has 1 aliphatic rings. The van der Waals surface area contributed by atoms with Crippen molar-refractivity contribution >= 4 is 10.2 Å². The van der Waals surface area contributed by atoms with E-state index in [1.807, 2.05) is 0 Å². The molecule has 1 heteroatoms. The second-order valence-corrected chi connectivity index (χ2v) is 7.56. The molecular formula is C22H27Si. The lowest BCUT2D eigenvalue weighted by molar-refractivity contribution is 0.348. The lowest BCUT2D eigenvalue weighted by Gasteiger charge is -2.28. The van der Waals surface area contributed by atoms with E-state index >= 15 is 0 Å². The first kappa shape index (κ1) is 16.5. The summed E-state index contributed by atoms with van der Waals surface area (Å²) in [7, 11) is 3.68. The molecule has 0 aromatic heterocycles. The molecule has 1 aliphatic carbocycles. The van der Waals surface area contributed by atoms with E-state index in [2.05, 4.69) is 65.7 Å². The normalized spacial score (nSPS) is 21.3. The van der Waals surface area contributed by atoms with Gasteiger partial charge in [0.25, 0.3) is 0 Å². The first-order valence-corrected chi connectivity index (χ1v) is 9.74. The SMILES string of the molecule is Cc1ccc(CCc2ccc(C3CCC(C[Si])CC3)cc2)cc1. The minimum Gasteiger partial charge on any atom is -0.0609 e. The van der Waals surface area contributed by atoms with E-state index in [0.29, 0.717) is 0 Å². The van der Waals surface area contributed by atoms with Gasteiger partial charge in [-0.15, -0.1) is 0 Å². The summed E-state index contributed by atoms with van der Waals surface area (Å²) in [5.41, 5.74) is 5.79. The quantitative estimate of drug-likeness (QED) is 0.626. The maximum Gasteiger partial charge on any atom is 0.0225 e. The van der Waals surface area contributed by atoms with Crippen molar-refractivity contribution in [1.29, 1.82) is 0 Å². The summed E-state index contributed by atoms with van der Waals surface area (Å²) in [6.45, 7) is 2.15. The molecule has 0 nitrogen and oxygen atoms in total. The summed E-state index contributed by atoms with van der Waals surface area (Å²) in [5.74, 6) is 1.69. The van der Waals surface area contributed by atoms with Crippen LogP contribution in [-0.4, -0.2) is 10.2 Å². The van der Waals surface area contributed by atoms with Crippen LogP contribution in [0.25, 0.3) is 0 Å². The summed E-state index contributed by atoms with van der Waals surface area (Å²) in [4.78, 5) is 0. The van der Waals surface area contributed by atoms with Crippen molar-refractivity contribution in [3.8, 4) is 0 Å². The van der Waals surface area contributed by atoms with Gasteiger partial charge in [0, 0.05) is 10.2 Å². The van der Waals surface area contributed by atoms with Gasteiger partial charge < -0.3 is 0 Å². The largest absolute Gasteiger partial charge is 0.0609 e. The summed E-state index contributed by atoms with van der Waals surface area (Å²) in [6, 6.07) is 19.6. The molecule has 3 rings (SSSR count). The summed E-state index contributed by atoms with van der Waals surface area (Å²) in [6.07, 6.45) is 7.75. The van der Waals surface area contributed by atoms with Gasteiger partial charge in [0.2, 0.25) is 0 Å². The molecule has 1 fully saturated rings. The second kappa shape index (κ2) is 7.96. The first-order chi connectivity index (χ1) is 11.2. The van der Waals surface area contributed by atoms with Gasteiger partial charge in [-0.05, 0) is 61.1 Å². The van der Waals surface area contributed by atoms with Crippen LogP contribution in [0.3, 0.4) is 0 Å². The standard InChI is InChI=1S/C22H27Si/c1-17-2-4-18(5-3-17)6-7-19-8-12-21(13-9-19)22-14-10-20(16-23)11-15-22/h2-5,8-9,12-13,20,22H,6-7,10-11,14-16H2,1H3. The monoisotopic (exact) mass is 319 g/mol. The highest BCUT2D eigenvalue weighted by atomic mass is 28.1. The van der Waals surface area contributed by atoms with Crippen LogP contribution >= 0.6 is 0 Å². The Kier molecular flexibility index (Phi) is 5.72. The molecule has 2 aromatic rings. The van der Waals surface area contributed by atoms with Crippen LogP contribution in [-0.2, 0) is 12.8 Å². The summed E-state index contributed by atoms with van der Waals surface area (Å²) in [5, 5.41) is 0. The highest BCUT2D eigenvalue weighted by Crippen LogP contribution is 2.36. The zero-order valence-electron chi connectivity index (χ0n) is 14.2. The molecule has 0 heterocycles. The Hall–Kier alpha value is -1.34. The molecule has 0 saturated heterocycles. The third-order valence-electron chi connectivity index (χ3n) is 5.41. The van der Waals surface area contributed by atoms with Gasteiger partial charge in [-0.3, -0.25) is 0 Å². The van der Waals surface area contributed by atoms with Crippen LogP contribution in [0.4, 0.5) is 0 Å². The Morgan fingerprint density at radius 3 is 1.83 bits per heavy atom. The predicted molar refractivity (Wildman–Crippen MR) is 100 cm³/mol. The number of hydrogen-bond donors (Lipinski definition) is 0. The molecule has 0 N–H and O–H groups in total. The maximum atomic E-state index is 3.68. The lowest BCUT2D eigenvalue weighted by atomic mass is 9.79. The first-order valence-electron chi connectivity index (χ1n) is 9.03. The Morgan fingerprint density at radius 2 is 1.30 bits per heavy atom. The zero-order chi connectivity index (χ0) is 16.1. The minimum absolute atomic E-state index is 0.788. The van der Waals surface area contributed by atoms with E-state index in [1.54, 1.807) is 5.56 Å². The number of benzene rings is 2. The van der Waals surface area contributed by atoms with Gasteiger partial charge in [-0.2, -0.15) is 0 Å². The summed E-state index contributed by atoms with van der Waals surface area (Å²) >= 11 is 0. The topological polar surface area (TPSA) is 0 Å². The average molecular weight is 320 g/mol. The summed E-state index contributed by atoms with van der Waals surface area (Å²) < 4.78 is 0. The number of rotatable bonds is 5. The fraction of sp³-hybridized carbons (Fsp3) is 0.455. The van der Waals surface area contributed by atoms with Crippen molar-refractivity contribution in [2.45, 2.75) is 57.4 Å². The number of hydrogen-bond acceptors (Lipinski definition) is 0. The van der Waals surface area contributed by atoms with Crippen LogP contribution < -0.4 is 0 Å². The van der Waals surface area contributed by atoms with Gasteiger partial charge in [-0.25, -0.2) is 0 Å². The maximum absolute atomic E-state index is 3.68. The molecule has 2 aromatic carbocycles. The zero-order valence-corrected chi connectivity index (χ0v) is 15.2. The van der Waals surface area contributed by atoms with Crippen molar-refractivity contribution < 1.29 is 0 Å². The molecule has 0 amide bonds. The Balaban J connectivity index is 1.54. The third-order valence-corrected chi connectivity index (χ3v) is 5.99. The fourth-order valence-electron chi connectivity index (χ4n) is 3.70. The van der Waals surface area contributed by atoms with E-state index in [1.165, 1.54) is 48.4 Å². The molecule has 0 unspecified atom stereocenters. The molecule has 0 aliphatic heterocycles. The van der Waals surface area contributed by atoms with Crippen molar-refractivity contribution in [2.24, 2.45) is 5.92 Å². The molecule has 0 bridgehead atoms. The highest BCUT2D eigenvalue weighted by molar-refractivity contribution is 6.08. The van der Waals surface area contributed by atoms with Crippen LogP contribution in [0.15, 0.2) is 48.5 Å². The minimum atomic E-state index is 0.788. The molecule has 3 radical (unpaired) electrons. The van der Waals surface area contributed by atoms with E-state index < -0.39 is 0 Å². The van der Waals surface area contributed by atoms with Crippen molar-refractivity contribution in [3.63, 3.8) is 0 Å². The van der Waals surface area contributed by atoms with Gasteiger partial charge in [0.05, 0.1) is 0 Å². The van der Waals surface area contributed by atoms with Crippen LogP contribution in [0.1, 0.15) is 53.9 Å². The average Bonchev–Trinajstić information content (AvgIpc) is 2.62. The van der Waals surface area contributed by atoms with E-state index in [4.69, 9.17) is 0 Å². The van der Waals surface area contributed by atoms with Crippen LogP contribution in [0, 0.1) is 12.8 Å².